The Bertz CT molecular complexity index is 1400. The van der Waals surface area contributed by atoms with Gasteiger partial charge in [-0.3, -0.25) is 28.8 Å². The van der Waals surface area contributed by atoms with Gasteiger partial charge in [0.2, 0.25) is 0 Å². The number of phenols is 1. The van der Waals surface area contributed by atoms with E-state index in [-0.39, 0.29) is 36.4 Å². The topological polar surface area (TPSA) is 143 Å². The van der Waals surface area contributed by atoms with Crippen molar-refractivity contribution in [3.63, 3.8) is 0 Å². The molecule has 2 saturated carbocycles. The van der Waals surface area contributed by atoms with Gasteiger partial charge in [0.25, 0.3) is 0 Å². The molecule has 2 aromatic rings. The molecule has 0 heterocycles. The molecule has 5 atom stereocenters. The van der Waals surface area contributed by atoms with E-state index in [1.807, 2.05) is 0 Å². The fourth-order valence-corrected chi connectivity index (χ4v) is 6.27. The van der Waals surface area contributed by atoms with Crippen LogP contribution in [-0.2, 0) is 25.6 Å². The van der Waals surface area contributed by atoms with Gasteiger partial charge in [-0.15, -0.1) is 0 Å². The SMILES string of the molecule is CC(=O)c1cccc(-c2ccc(O)c3c2C[C@H]2C[C@H]4CC(=O)C(C(C)=O)C(=O)[C@@]4(O)C(=O)C2C3=O)c1. The van der Waals surface area contributed by atoms with Crippen LogP contribution >= 0.6 is 0 Å². The van der Waals surface area contributed by atoms with E-state index >= 15 is 0 Å². The molecule has 2 fully saturated rings. The van der Waals surface area contributed by atoms with Gasteiger partial charge in [0.05, 0.1) is 11.5 Å². The molecule has 3 aliphatic rings. The standard InChI is InChI=1S/C28H24O8/c1-12(29)14-4-3-5-15(8-14)18-6-7-20(31)24-19(18)10-16-9-17-11-21(32)22(13(2)30)26(34)28(17,36)27(35)23(16)25(24)33/h3-8,16-17,22-23,31,36H,9-11H2,1-2H3/t16-,17+,22?,23?,28-/m1/s1. The van der Waals surface area contributed by atoms with E-state index in [1.54, 1.807) is 30.3 Å². The highest BCUT2D eigenvalue weighted by Crippen LogP contribution is 2.51. The second-order valence-corrected chi connectivity index (χ2v) is 10.1. The predicted octanol–water partition coefficient (Wildman–Crippen LogP) is 2.30. The summed E-state index contributed by atoms with van der Waals surface area (Å²) in [6.45, 7) is 2.50. The molecule has 0 bridgehead atoms. The second-order valence-electron chi connectivity index (χ2n) is 10.1. The number of aliphatic hydroxyl groups is 1. The minimum atomic E-state index is -2.60. The Morgan fingerprint density at radius 3 is 2.36 bits per heavy atom. The summed E-state index contributed by atoms with van der Waals surface area (Å²) >= 11 is 0. The van der Waals surface area contributed by atoms with Crippen molar-refractivity contribution in [1.29, 1.82) is 0 Å². The fourth-order valence-electron chi connectivity index (χ4n) is 6.27. The van der Waals surface area contributed by atoms with Crippen LogP contribution in [0.1, 0.15) is 53.0 Å². The summed E-state index contributed by atoms with van der Waals surface area (Å²) in [7, 11) is 0. The molecule has 36 heavy (non-hydrogen) atoms. The van der Waals surface area contributed by atoms with E-state index in [4.69, 9.17) is 0 Å². The van der Waals surface area contributed by atoms with Crippen LogP contribution in [0.3, 0.4) is 0 Å². The molecule has 0 aromatic heterocycles. The third kappa shape index (κ3) is 3.24. The van der Waals surface area contributed by atoms with Crippen molar-refractivity contribution in [2.24, 2.45) is 23.7 Å². The minimum absolute atomic E-state index is 0.0557. The first-order valence-electron chi connectivity index (χ1n) is 11.8. The Kier molecular flexibility index (Phi) is 5.41. The molecule has 2 N–H and O–H groups in total. The van der Waals surface area contributed by atoms with Crippen LogP contribution < -0.4 is 0 Å². The van der Waals surface area contributed by atoms with Crippen molar-refractivity contribution in [1.82, 2.24) is 0 Å². The number of Topliss-reactive ketones (excluding diaryl/α,β-unsaturated/α-hetero) is 6. The Labute approximate surface area is 206 Å². The molecule has 184 valence electrons. The molecule has 3 aliphatic carbocycles. The number of rotatable bonds is 3. The lowest BCUT2D eigenvalue weighted by molar-refractivity contribution is -0.175. The third-order valence-corrected chi connectivity index (χ3v) is 7.99. The molecule has 0 saturated heterocycles. The van der Waals surface area contributed by atoms with Crippen LogP contribution in [0.2, 0.25) is 0 Å². The van der Waals surface area contributed by atoms with Crippen molar-refractivity contribution >= 4 is 34.7 Å². The Morgan fingerprint density at radius 2 is 1.69 bits per heavy atom. The van der Waals surface area contributed by atoms with Gasteiger partial charge in [-0.1, -0.05) is 24.3 Å². The van der Waals surface area contributed by atoms with Crippen LogP contribution in [0.4, 0.5) is 0 Å². The minimum Gasteiger partial charge on any atom is -0.507 e. The van der Waals surface area contributed by atoms with Crippen molar-refractivity contribution in [2.45, 2.75) is 38.7 Å². The first-order chi connectivity index (χ1) is 17.0. The first-order valence-corrected chi connectivity index (χ1v) is 11.8. The summed E-state index contributed by atoms with van der Waals surface area (Å²) < 4.78 is 0. The van der Waals surface area contributed by atoms with Crippen LogP contribution in [0.5, 0.6) is 5.75 Å². The smallest absolute Gasteiger partial charge is 0.190 e. The monoisotopic (exact) mass is 488 g/mol. The van der Waals surface area contributed by atoms with Gasteiger partial charge >= 0.3 is 0 Å². The summed E-state index contributed by atoms with van der Waals surface area (Å²) in [6, 6.07) is 9.85. The molecular formula is C28H24O8. The second kappa shape index (κ2) is 8.13. The molecule has 2 aromatic carbocycles. The maximum Gasteiger partial charge on any atom is 0.190 e. The number of carbonyl (C=O) groups excluding carboxylic acids is 6. The molecule has 0 spiro atoms. The summed E-state index contributed by atoms with van der Waals surface area (Å²) in [4.78, 5) is 76.7. The Morgan fingerprint density at radius 1 is 0.972 bits per heavy atom. The van der Waals surface area contributed by atoms with Crippen LogP contribution in [0, 0.1) is 23.7 Å². The van der Waals surface area contributed by atoms with Gasteiger partial charge in [0, 0.05) is 17.9 Å². The largest absolute Gasteiger partial charge is 0.507 e. The van der Waals surface area contributed by atoms with E-state index < -0.39 is 58.2 Å². The molecule has 0 amide bonds. The number of carbonyl (C=O) groups is 6. The molecule has 8 nitrogen and oxygen atoms in total. The van der Waals surface area contributed by atoms with Crippen LogP contribution in [-0.4, -0.2) is 50.5 Å². The number of benzene rings is 2. The fraction of sp³-hybridized carbons (Fsp3) is 0.357. The van der Waals surface area contributed by atoms with Crippen molar-refractivity contribution in [3.05, 3.63) is 53.1 Å². The zero-order chi connectivity index (χ0) is 26.1. The Balaban J connectivity index is 1.62. The lowest BCUT2D eigenvalue weighted by atomic mass is 9.53. The highest BCUT2D eigenvalue weighted by molar-refractivity contribution is 6.31. The number of aromatic hydroxyl groups is 1. The first kappa shape index (κ1) is 23.9. The maximum atomic E-state index is 13.7. The van der Waals surface area contributed by atoms with Gasteiger partial charge in [-0.05, 0) is 61.4 Å². The summed E-state index contributed by atoms with van der Waals surface area (Å²) in [6.07, 6.45) is -0.0601. The van der Waals surface area contributed by atoms with Gasteiger partial charge in [-0.2, -0.15) is 0 Å². The van der Waals surface area contributed by atoms with Crippen molar-refractivity contribution < 1.29 is 39.0 Å². The summed E-state index contributed by atoms with van der Waals surface area (Å²) in [5.41, 5.74) is -0.377. The number of hydrogen-bond acceptors (Lipinski definition) is 8. The van der Waals surface area contributed by atoms with Crippen molar-refractivity contribution in [2.75, 3.05) is 0 Å². The van der Waals surface area contributed by atoms with Gasteiger partial charge in [0.15, 0.2) is 34.5 Å². The predicted molar refractivity (Wildman–Crippen MR) is 125 cm³/mol. The number of phenolic OH excluding ortho intramolecular Hbond substituents is 1. The average molecular weight is 488 g/mol. The van der Waals surface area contributed by atoms with Crippen LogP contribution in [0.15, 0.2) is 36.4 Å². The molecule has 5 rings (SSSR count). The molecular weight excluding hydrogens is 464 g/mol. The summed E-state index contributed by atoms with van der Waals surface area (Å²) in [5, 5.41) is 21.9. The Hall–Kier alpha value is -3.78. The third-order valence-electron chi connectivity index (χ3n) is 7.99. The van der Waals surface area contributed by atoms with Crippen LogP contribution in [0.25, 0.3) is 11.1 Å². The molecule has 0 aliphatic heterocycles. The van der Waals surface area contributed by atoms with Gasteiger partial charge in [0.1, 0.15) is 17.5 Å². The molecule has 0 radical (unpaired) electrons. The maximum absolute atomic E-state index is 13.7. The number of hydrogen-bond donors (Lipinski definition) is 2. The average Bonchev–Trinajstić information content (AvgIpc) is 2.81. The molecule has 2 unspecified atom stereocenters. The highest BCUT2D eigenvalue weighted by Gasteiger charge is 2.65. The van der Waals surface area contributed by atoms with E-state index in [2.05, 4.69) is 0 Å². The van der Waals surface area contributed by atoms with Gasteiger partial charge < -0.3 is 10.2 Å². The quantitative estimate of drug-likeness (QED) is 0.495. The number of fused-ring (bicyclic) bond motifs is 3. The van der Waals surface area contributed by atoms with Gasteiger partial charge in [-0.25, -0.2) is 0 Å². The lowest BCUT2D eigenvalue weighted by Crippen LogP contribution is -2.67. The lowest BCUT2D eigenvalue weighted by Gasteiger charge is -2.48. The van der Waals surface area contributed by atoms with E-state index in [0.29, 0.717) is 22.3 Å². The normalized spacial score (nSPS) is 29.3. The van der Waals surface area contributed by atoms with Crippen molar-refractivity contribution in [3.8, 4) is 16.9 Å². The summed E-state index contributed by atoms with van der Waals surface area (Å²) in [5.74, 6) is -9.43. The van der Waals surface area contributed by atoms with E-state index in [1.165, 1.54) is 13.0 Å². The highest BCUT2D eigenvalue weighted by atomic mass is 16.3. The van der Waals surface area contributed by atoms with E-state index in [0.717, 1.165) is 6.92 Å². The number of ketones is 6. The zero-order valence-electron chi connectivity index (χ0n) is 19.7. The van der Waals surface area contributed by atoms with E-state index in [9.17, 15) is 39.0 Å². The zero-order valence-corrected chi connectivity index (χ0v) is 19.7. The molecule has 8 heteroatoms.